The maximum atomic E-state index is 13.6. The van der Waals surface area contributed by atoms with Crippen molar-refractivity contribution in [2.75, 3.05) is 6.01 Å². The lowest BCUT2D eigenvalue weighted by molar-refractivity contribution is -0.175. The van der Waals surface area contributed by atoms with Gasteiger partial charge in [-0.05, 0) is 109 Å². The fourth-order valence-corrected chi connectivity index (χ4v) is 9.91. The van der Waals surface area contributed by atoms with Crippen molar-refractivity contribution in [2.24, 2.45) is 28.6 Å². The maximum Gasteiger partial charge on any atom is 0.378 e. The van der Waals surface area contributed by atoms with Crippen LogP contribution in [0.3, 0.4) is 0 Å². The molecular formula is C32H33F2N3O5S. The average molecular weight is 610 g/mol. The third-order valence-corrected chi connectivity index (χ3v) is 11.7. The van der Waals surface area contributed by atoms with E-state index in [0.29, 0.717) is 24.6 Å². The number of aliphatic hydroxyl groups is 1. The van der Waals surface area contributed by atoms with Crippen LogP contribution in [-0.4, -0.2) is 48.8 Å². The number of rotatable bonds is 5. The number of nitrogens with zero attached hydrogens (tertiary/aromatic N) is 3. The molecule has 11 heteroatoms. The van der Waals surface area contributed by atoms with Crippen LogP contribution in [0.5, 0.6) is 0 Å². The van der Waals surface area contributed by atoms with Gasteiger partial charge in [0.1, 0.15) is 11.8 Å². The standard InChI is InChI=1S/C32H33F2N3O5S/c1-30-14-18-16-35-37(21-6-4-20(34)5-7-21)24(18)13-19(30)3-8-22-23-9-11-32(29(40)43-17-33,31(23,2)15-25(38)27(22)30)41-28(39)26-10-12-36-42-26/h4-7,10,12-13,16,22-23,25,27,38H,3,8-9,11,14-15,17H2,1-2H3/t22-,23-,25-,27+,30-,31-,32-/m0/s1. The van der Waals surface area contributed by atoms with E-state index in [2.05, 4.69) is 23.3 Å². The van der Waals surface area contributed by atoms with E-state index in [9.17, 15) is 23.5 Å². The number of halogens is 2. The second kappa shape index (κ2) is 10.1. The Morgan fingerprint density at radius 3 is 2.72 bits per heavy atom. The Labute approximate surface area is 251 Å². The number of aromatic nitrogens is 3. The van der Waals surface area contributed by atoms with E-state index in [1.54, 1.807) is 12.1 Å². The van der Waals surface area contributed by atoms with Gasteiger partial charge in [0.25, 0.3) is 0 Å². The Hall–Kier alpha value is -3.31. The molecule has 7 rings (SSSR count). The lowest BCUT2D eigenvalue weighted by atomic mass is 9.45. The fourth-order valence-electron chi connectivity index (χ4n) is 9.20. The number of hydrogen-bond acceptors (Lipinski definition) is 8. The van der Waals surface area contributed by atoms with Crippen molar-refractivity contribution in [2.45, 2.75) is 64.1 Å². The molecule has 2 heterocycles. The summed E-state index contributed by atoms with van der Waals surface area (Å²) in [5.41, 5.74) is 1.23. The van der Waals surface area contributed by atoms with E-state index < -0.39 is 34.2 Å². The summed E-state index contributed by atoms with van der Waals surface area (Å²) in [6.07, 6.45) is 8.01. The summed E-state index contributed by atoms with van der Waals surface area (Å²) in [6.45, 7) is 4.14. The molecule has 0 bridgehead atoms. The molecule has 7 atom stereocenters. The average Bonchev–Trinajstić information content (AvgIpc) is 3.71. The Balaban J connectivity index is 1.23. The van der Waals surface area contributed by atoms with Crippen LogP contribution in [0.2, 0.25) is 0 Å². The van der Waals surface area contributed by atoms with Crippen LogP contribution in [0.4, 0.5) is 8.78 Å². The van der Waals surface area contributed by atoms with Crippen LogP contribution in [0.25, 0.3) is 11.8 Å². The minimum Gasteiger partial charge on any atom is -0.444 e. The largest absolute Gasteiger partial charge is 0.444 e. The molecule has 226 valence electrons. The predicted molar refractivity (Wildman–Crippen MR) is 154 cm³/mol. The highest BCUT2D eigenvalue weighted by molar-refractivity contribution is 8.13. The normalized spacial score (nSPS) is 34.4. The highest BCUT2D eigenvalue weighted by atomic mass is 32.2. The molecule has 8 nitrogen and oxygen atoms in total. The zero-order chi connectivity index (χ0) is 30.1. The van der Waals surface area contributed by atoms with Gasteiger partial charge in [0.2, 0.25) is 10.9 Å². The van der Waals surface area contributed by atoms with Crippen LogP contribution in [0.1, 0.15) is 67.8 Å². The van der Waals surface area contributed by atoms with Crippen molar-refractivity contribution >= 4 is 28.9 Å². The van der Waals surface area contributed by atoms with Gasteiger partial charge >= 0.3 is 5.97 Å². The number of carbonyl (C=O) groups excluding carboxylic acids is 2. The number of benzene rings is 1. The van der Waals surface area contributed by atoms with Gasteiger partial charge in [0.15, 0.2) is 5.60 Å². The molecule has 4 aliphatic rings. The van der Waals surface area contributed by atoms with Gasteiger partial charge in [0, 0.05) is 11.5 Å². The Morgan fingerprint density at radius 2 is 2.00 bits per heavy atom. The molecule has 0 aliphatic heterocycles. The molecule has 2 aromatic heterocycles. The summed E-state index contributed by atoms with van der Waals surface area (Å²) < 4.78 is 40.0. The minimum absolute atomic E-state index is 0.0192. The van der Waals surface area contributed by atoms with Gasteiger partial charge in [-0.1, -0.05) is 24.6 Å². The SMILES string of the molecule is C[C@]12Cc3cnn(-c4ccc(F)cc4)c3C=C1CC[C@@H]1[C@@H]2[C@@H](O)C[C@@]2(C)[C@H]1CC[C@]2(OC(=O)c1ccno1)C(=O)SCF. The lowest BCUT2D eigenvalue weighted by Gasteiger charge is -2.60. The van der Waals surface area contributed by atoms with Crippen LogP contribution in [0, 0.1) is 34.4 Å². The van der Waals surface area contributed by atoms with Gasteiger partial charge in [-0.15, -0.1) is 0 Å². The molecule has 4 aliphatic carbocycles. The Morgan fingerprint density at radius 1 is 1.21 bits per heavy atom. The van der Waals surface area contributed by atoms with Crippen molar-refractivity contribution in [3.8, 4) is 5.69 Å². The highest BCUT2D eigenvalue weighted by Gasteiger charge is 2.71. The molecular weight excluding hydrogens is 576 g/mol. The maximum absolute atomic E-state index is 13.6. The number of thioether (sulfide) groups is 1. The first-order valence-corrected chi connectivity index (χ1v) is 15.7. The minimum atomic E-state index is -1.60. The van der Waals surface area contributed by atoms with E-state index in [1.165, 1.54) is 30.0 Å². The second-order valence-corrected chi connectivity index (χ2v) is 13.8. The monoisotopic (exact) mass is 609 g/mol. The molecule has 1 N–H and O–H groups in total. The molecule has 43 heavy (non-hydrogen) atoms. The summed E-state index contributed by atoms with van der Waals surface area (Å²) in [7, 11) is 0. The molecule has 0 unspecified atom stereocenters. The Kier molecular flexibility index (Phi) is 6.70. The van der Waals surface area contributed by atoms with Crippen molar-refractivity contribution < 1.29 is 32.7 Å². The molecule has 3 aromatic rings. The molecule has 0 saturated heterocycles. The number of ether oxygens (including phenoxy) is 1. The highest BCUT2D eigenvalue weighted by Crippen LogP contribution is 2.69. The van der Waals surface area contributed by atoms with Gasteiger partial charge in [0.05, 0.1) is 29.9 Å². The van der Waals surface area contributed by atoms with Crippen molar-refractivity contribution in [3.63, 3.8) is 0 Å². The number of esters is 1. The topological polar surface area (TPSA) is 107 Å². The van der Waals surface area contributed by atoms with Gasteiger partial charge in [-0.3, -0.25) is 4.79 Å². The zero-order valence-corrected chi connectivity index (χ0v) is 24.8. The van der Waals surface area contributed by atoms with Crippen LogP contribution < -0.4 is 0 Å². The van der Waals surface area contributed by atoms with Gasteiger partial charge < -0.3 is 14.4 Å². The van der Waals surface area contributed by atoms with E-state index in [1.807, 2.05) is 17.8 Å². The first-order valence-electron chi connectivity index (χ1n) is 14.7. The first-order chi connectivity index (χ1) is 20.6. The van der Waals surface area contributed by atoms with E-state index in [4.69, 9.17) is 9.26 Å². The predicted octanol–water partition coefficient (Wildman–Crippen LogP) is 5.93. The number of fused-ring (bicyclic) bond motifs is 6. The number of hydrogen-bond donors (Lipinski definition) is 1. The zero-order valence-electron chi connectivity index (χ0n) is 24.0. The fraction of sp³-hybridized carbons (Fsp3) is 0.500. The summed E-state index contributed by atoms with van der Waals surface area (Å²) >= 11 is 0.513. The summed E-state index contributed by atoms with van der Waals surface area (Å²) in [4.78, 5) is 26.8. The third-order valence-electron chi connectivity index (χ3n) is 11.0. The number of aliphatic hydroxyl groups excluding tert-OH is 1. The number of carbonyl (C=O) groups is 2. The van der Waals surface area contributed by atoms with Crippen molar-refractivity contribution in [3.05, 3.63) is 71.1 Å². The van der Waals surface area contributed by atoms with Gasteiger partial charge in [-0.2, -0.15) is 5.10 Å². The van der Waals surface area contributed by atoms with Crippen LogP contribution in [0.15, 0.2) is 52.8 Å². The molecule has 1 aromatic carbocycles. The molecule has 3 saturated carbocycles. The molecule has 0 radical (unpaired) electrons. The Bertz CT molecular complexity index is 1610. The van der Waals surface area contributed by atoms with Crippen LogP contribution >= 0.6 is 11.8 Å². The summed E-state index contributed by atoms with van der Waals surface area (Å²) in [5, 5.41) is 19.7. The smallest absolute Gasteiger partial charge is 0.378 e. The summed E-state index contributed by atoms with van der Waals surface area (Å²) in [5.74, 6) is -1.29. The third kappa shape index (κ3) is 4.10. The van der Waals surface area contributed by atoms with E-state index in [-0.39, 0.29) is 47.6 Å². The molecule has 0 spiro atoms. The van der Waals surface area contributed by atoms with E-state index in [0.717, 1.165) is 29.8 Å². The first kappa shape index (κ1) is 28.5. The van der Waals surface area contributed by atoms with Gasteiger partial charge in [-0.25, -0.2) is 18.3 Å². The molecule has 3 fully saturated rings. The van der Waals surface area contributed by atoms with Crippen molar-refractivity contribution in [1.29, 1.82) is 0 Å². The second-order valence-electron chi connectivity index (χ2n) is 12.9. The molecule has 0 amide bonds. The quantitative estimate of drug-likeness (QED) is 0.355. The van der Waals surface area contributed by atoms with Crippen molar-refractivity contribution in [1.82, 2.24) is 14.9 Å². The summed E-state index contributed by atoms with van der Waals surface area (Å²) in [6, 6.07) is 6.70. The number of allylic oxidation sites excluding steroid dienone is 1. The van der Waals surface area contributed by atoms with E-state index >= 15 is 0 Å². The number of alkyl halides is 1. The lowest BCUT2D eigenvalue weighted by Crippen LogP contribution is -2.62. The van der Waals surface area contributed by atoms with Crippen LogP contribution in [-0.2, 0) is 16.0 Å².